The van der Waals surface area contributed by atoms with E-state index in [1.165, 1.54) is 16.0 Å². The Labute approximate surface area is 153 Å². The zero-order valence-electron chi connectivity index (χ0n) is 13.4. The van der Waals surface area contributed by atoms with Crippen LogP contribution in [-0.4, -0.2) is 17.5 Å². The lowest BCUT2D eigenvalue weighted by atomic mass is 10.1. The second kappa shape index (κ2) is 8.47. The first kappa shape index (κ1) is 18.9. The molecule has 0 bridgehead atoms. The van der Waals surface area contributed by atoms with Crippen molar-refractivity contribution >= 4 is 47.0 Å². The van der Waals surface area contributed by atoms with E-state index in [0.717, 1.165) is 10.7 Å². The first-order chi connectivity index (χ1) is 9.94. The number of aromatic nitrogens is 1. The normalized spacial score (nSPS) is 12.6. The minimum absolute atomic E-state index is 0. The Kier molecular flexibility index (Phi) is 7.28. The van der Waals surface area contributed by atoms with Crippen molar-refractivity contribution in [3.8, 4) is 0 Å². The summed E-state index contributed by atoms with van der Waals surface area (Å²) in [7, 11) is 0. The fourth-order valence-corrected chi connectivity index (χ4v) is 2.96. The van der Waals surface area contributed by atoms with E-state index in [1.54, 1.807) is 11.3 Å². The van der Waals surface area contributed by atoms with Gasteiger partial charge in [0.1, 0.15) is 0 Å². The summed E-state index contributed by atoms with van der Waals surface area (Å²) in [5.74, 6) is 0.725. The zero-order valence-corrected chi connectivity index (χ0v) is 16.5. The number of anilines is 1. The molecule has 0 fully saturated rings. The highest BCUT2D eigenvalue weighted by atomic mass is 127. The molecule has 2 rings (SSSR count). The molecule has 0 aliphatic rings. The molecule has 1 aromatic heterocycles. The molecule has 0 aliphatic heterocycles. The topological polar surface area (TPSA) is 63.3 Å². The number of aryl methyl sites for hydroxylation is 3. The van der Waals surface area contributed by atoms with Gasteiger partial charge >= 0.3 is 0 Å². The van der Waals surface area contributed by atoms with Gasteiger partial charge in [-0.1, -0.05) is 13.0 Å². The molecule has 2 aromatic rings. The highest BCUT2D eigenvalue weighted by Crippen LogP contribution is 2.21. The van der Waals surface area contributed by atoms with E-state index >= 15 is 0 Å². The molecule has 0 saturated carbocycles. The third-order valence-corrected chi connectivity index (χ3v) is 4.23. The van der Waals surface area contributed by atoms with Crippen LogP contribution in [0.1, 0.15) is 33.9 Å². The maximum atomic E-state index is 5.96. The van der Waals surface area contributed by atoms with Crippen molar-refractivity contribution < 1.29 is 0 Å². The number of nitrogens with zero attached hydrogens (tertiary/aromatic N) is 2. The molecule has 120 valence electrons. The number of nitrogens with one attached hydrogen (secondary N) is 1. The van der Waals surface area contributed by atoms with Gasteiger partial charge in [0, 0.05) is 22.7 Å². The average molecular weight is 430 g/mol. The van der Waals surface area contributed by atoms with Crippen LogP contribution < -0.4 is 11.1 Å². The minimum atomic E-state index is 0. The van der Waals surface area contributed by atoms with E-state index in [0.29, 0.717) is 12.5 Å². The van der Waals surface area contributed by atoms with Crippen LogP contribution in [0.2, 0.25) is 0 Å². The van der Waals surface area contributed by atoms with Gasteiger partial charge in [-0.05, 0) is 44.0 Å². The third-order valence-electron chi connectivity index (χ3n) is 3.09. The SMILES string of the molecule is Cc1cc(C)cc(NC(N)=NCC(C)c2ncc(C)s2)c1.I. The summed E-state index contributed by atoms with van der Waals surface area (Å²) in [6, 6.07) is 6.25. The summed E-state index contributed by atoms with van der Waals surface area (Å²) in [5, 5.41) is 4.25. The zero-order chi connectivity index (χ0) is 15.4. The lowest BCUT2D eigenvalue weighted by Gasteiger charge is -2.09. The summed E-state index contributed by atoms with van der Waals surface area (Å²) < 4.78 is 0. The molecule has 1 unspecified atom stereocenters. The summed E-state index contributed by atoms with van der Waals surface area (Å²) >= 11 is 1.71. The Morgan fingerprint density at radius 3 is 2.45 bits per heavy atom. The number of hydrogen-bond donors (Lipinski definition) is 2. The average Bonchev–Trinajstić information content (AvgIpc) is 2.81. The summed E-state index contributed by atoms with van der Waals surface area (Å²) in [5.41, 5.74) is 9.35. The van der Waals surface area contributed by atoms with Gasteiger partial charge in [-0.2, -0.15) is 0 Å². The second-order valence-corrected chi connectivity index (χ2v) is 6.70. The van der Waals surface area contributed by atoms with Gasteiger partial charge in [-0.15, -0.1) is 35.3 Å². The van der Waals surface area contributed by atoms with Crippen LogP contribution in [0.25, 0.3) is 0 Å². The highest BCUT2D eigenvalue weighted by molar-refractivity contribution is 14.0. The Morgan fingerprint density at radius 2 is 1.91 bits per heavy atom. The number of nitrogens with two attached hydrogens (primary N) is 1. The Morgan fingerprint density at radius 1 is 1.27 bits per heavy atom. The molecule has 1 atom stereocenters. The largest absolute Gasteiger partial charge is 0.370 e. The number of rotatable bonds is 4. The number of thiazole rings is 1. The molecule has 6 heteroatoms. The number of guanidine groups is 1. The van der Waals surface area contributed by atoms with E-state index in [2.05, 4.69) is 61.2 Å². The van der Waals surface area contributed by atoms with Crippen LogP contribution >= 0.6 is 35.3 Å². The molecular formula is C16H23IN4S. The van der Waals surface area contributed by atoms with Crippen molar-refractivity contribution in [1.29, 1.82) is 0 Å². The fraction of sp³-hybridized carbons (Fsp3) is 0.375. The standard InChI is InChI=1S/C16H22N4S.HI/c1-10-5-11(2)7-14(6-10)20-16(17)19-8-12(3)15-18-9-13(4)21-15;/h5-7,9,12H,8H2,1-4H3,(H3,17,19,20);1H. The van der Waals surface area contributed by atoms with E-state index in [-0.39, 0.29) is 29.9 Å². The first-order valence-electron chi connectivity index (χ1n) is 7.01. The number of halogens is 1. The van der Waals surface area contributed by atoms with E-state index in [1.807, 2.05) is 6.20 Å². The van der Waals surface area contributed by atoms with E-state index in [4.69, 9.17) is 5.73 Å². The highest BCUT2D eigenvalue weighted by Gasteiger charge is 2.09. The van der Waals surface area contributed by atoms with Crippen LogP contribution in [0, 0.1) is 20.8 Å². The van der Waals surface area contributed by atoms with Crippen LogP contribution in [0.5, 0.6) is 0 Å². The van der Waals surface area contributed by atoms with Gasteiger partial charge in [-0.25, -0.2) is 4.98 Å². The summed E-state index contributed by atoms with van der Waals surface area (Å²) in [6.07, 6.45) is 1.90. The van der Waals surface area contributed by atoms with Gasteiger partial charge in [0.25, 0.3) is 0 Å². The molecule has 0 amide bonds. The summed E-state index contributed by atoms with van der Waals surface area (Å²) in [4.78, 5) is 10.0. The molecule has 3 N–H and O–H groups in total. The first-order valence-corrected chi connectivity index (χ1v) is 7.83. The smallest absolute Gasteiger partial charge is 0.193 e. The van der Waals surface area contributed by atoms with Crippen molar-refractivity contribution in [2.24, 2.45) is 10.7 Å². The monoisotopic (exact) mass is 430 g/mol. The molecule has 0 spiro atoms. The number of hydrogen-bond acceptors (Lipinski definition) is 3. The van der Waals surface area contributed by atoms with Gasteiger partial charge in [0.15, 0.2) is 5.96 Å². The van der Waals surface area contributed by atoms with E-state index in [9.17, 15) is 0 Å². The third kappa shape index (κ3) is 5.57. The lowest BCUT2D eigenvalue weighted by Crippen LogP contribution is -2.23. The second-order valence-electron chi connectivity index (χ2n) is 5.44. The van der Waals surface area contributed by atoms with Gasteiger partial charge in [-0.3, -0.25) is 4.99 Å². The van der Waals surface area contributed by atoms with Crippen LogP contribution in [-0.2, 0) is 0 Å². The van der Waals surface area contributed by atoms with Crippen molar-refractivity contribution in [3.05, 3.63) is 45.4 Å². The van der Waals surface area contributed by atoms with Gasteiger partial charge in [0.2, 0.25) is 0 Å². The van der Waals surface area contributed by atoms with Gasteiger partial charge < -0.3 is 11.1 Å². The van der Waals surface area contributed by atoms with Gasteiger partial charge in [0.05, 0.1) is 11.6 Å². The van der Waals surface area contributed by atoms with E-state index < -0.39 is 0 Å². The molecule has 0 saturated heterocycles. The van der Waals surface area contributed by atoms with Crippen molar-refractivity contribution in [1.82, 2.24) is 4.98 Å². The molecule has 1 aromatic carbocycles. The lowest BCUT2D eigenvalue weighted by molar-refractivity contribution is 0.766. The quantitative estimate of drug-likeness (QED) is 0.434. The molecule has 22 heavy (non-hydrogen) atoms. The van der Waals surface area contributed by atoms with Crippen LogP contribution in [0.15, 0.2) is 29.4 Å². The molecular weight excluding hydrogens is 407 g/mol. The predicted molar refractivity (Wildman–Crippen MR) is 107 cm³/mol. The van der Waals surface area contributed by atoms with Crippen molar-refractivity contribution in [2.45, 2.75) is 33.6 Å². The Bertz CT molecular complexity index is 631. The van der Waals surface area contributed by atoms with Crippen molar-refractivity contribution in [2.75, 3.05) is 11.9 Å². The maximum absolute atomic E-state index is 5.96. The molecule has 1 heterocycles. The van der Waals surface area contributed by atoms with Crippen LogP contribution in [0.4, 0.5) is 5.69 Å². The Balaban J connectivity index is 0.00000242. The number of aliphatic imine (C=N–C) groups is 1. The van der Waals surface area contributed by atoms with Crippen molar-refractivity contribution in [3.63, 3.8) is 0 Å². The number of benzene rings is 1. The minimum Gasteiger partial charge on any atom is -0.370 e. The fourth-order valence-electron chi connectivity index (χ4n) is 2.15. The van der Waals surface area contributed by atoms with Crippen LogP contribution in [0.3, 0.4) is 0 Å². The molecule has 4 nitrogen and oxygen atoms in total. The summed E-state index contributed by atoms with van der Waals surface area (Å²) in [6.45, 7) is 8.95. The molecule has 0 radical (unpaired) electrons. The maximum Gasteiger partial charge on any atom is 0.193 e. The molecule has 0 aliphatic carbocycles. The Hall–Kier alpha value is -1.15. The predicted octanol–water partition coefficient (Wildman–Crippen LogP) is 4.22.